The lowest BCUT2D eigenvalue weighted by molar-refractivity contribution is -0.146. The lowest BCUT2D eigenvalue weighted by atomic mass is 9.95. The van der Waals surface area contributed by atoms with Crippen molar-refractivity contribution in [2.75, 3.05) is 0 Å². The Labute approximate surface area is 192 Å². The summed E-state index contributed by atoms with van der Waals surface area (Å²) < 4.78 is 27.9. The number of hydrogen-bond acceptors (Lipinski definition) is 5. The van der Waals surface area contributed by atoms with Gasteiger partial charge >= 0.3 is 5.97 Å². The summed E-state index contributed by atoms with van der Waals surface area (Å²) in [6.07, 6.45) is -0.753. The Hall–Kier alpha value is -3.98. The van der Waals surface area contributed by atoms with Crippen LogP contribution in [0.3, 0.4) is 0 Å². The second-order valence-corrected chi connectivity index (χ2v) is 8.00. The van der Waals surface area contributed by atoms with Crippen LogP contribution in [0.4, 0.5) is 8.78 Å². The van der Waals surface area contributed by atoms with Crippen LogP contribution in [-0.2, 0) is 17.8 Å². The number of nitrogens with zero attached hydrogens (tertiary/aromatic N) is 3. The van der Waals surface area contributed by atoms with E-state index in [1.807, 2.05) is 0 Å². The van der Waals surface area contributed by atoms with E-state index in [0.717, 1.165) is 16.3 Å². The number of hydrogen-bond donors (Lipinski definition) is 2. The number of aliphatic carboxylic acids is 1. The number of aliphatic hydroxyl groups excluding tert-OH is 1. The highest BCUT2D eigenvalue weighted by Crippen LogP contribution is 2.23. The summed E-state index contributed by atoms with van der Waals surface area (Å²) in [5, 5.41) is 28.3. The van der Waals surface area contributed by atoms with Gasteiger partial charge < -0.3 is 10.2 Å². The van der Waals surface area contributed by atoms with E-state index in [0.29, 0.717) is 28.5 Å². The number of carboxylic acid groups (broad SMARTS) is 1. The minimum Gasteiger partial charge on any atom is -0.481 e. The first kappa shape index (κ1) is 23.2. The fourth-order valence-corrected chi connectivity index (χ4v) is 3.79. The third-order valence-corrected chi connectivity index (χ3v) is 5.66. The lowest BCUT2D eigenvalue weighted by Crippen LogP contribution is -2.37. The fraction of sp³-hybridized carbons (Fsp3) is 0.200. The van der Waals surface area contributed by atoms with Gasteiger partial charge in [-0.1, -0.05) is 41.6 Å². The maximum atomic E-state index is 13.5. The fourth-order valence-electron chi connectivity index (χ4n) is 3.79. The minimum atomic E-state index is -1.26. The van der Waals surface area contributed by atoms with Gasteiger partial charge in [0.1, 0.15) is 23.1 Å². The molecule has 0 saturated carbocycles. The van der Waals surface area contributed by atoms with Crippen molar-refractivity contribution in [2.24, 2.45) is 5.92 Å². The molecule has 3 aromatic carbocycles. The molecule has 1 heterocycles. The van der Waals surface area contributed by atoms with Crippen LogP contribution < -0.4 is 5.56 Å². The smallest absolute Gasteiger partial charge is 0.311 e. The number of aliphatic hydroxyl groups is 1. The molecule has 7 nitrogen and oxygen atoms in total. The molecule has 2 N–H and O–H groups in total. The maximum Gasteiger partial charge on any atom is 0.311 e. The largest absolute Gasteiger partial charge is 0.481 e. The van der Waals surface area contributed by atoms with Crippen LogP contribution in [0.1, 0.15) is 12.0 Å². The first-order valence-corrected chi connectivity index (χ1v) is 10.6. The molecule has 0 bridgehead atoms. The van der Waals surface area contributed by atoms with Crippen LogP contribution in [0.2, 0.25) is 0 Å². The van der Waals surface area contributed by atoms with Crippen molar-refractivity contribution in [3.63, 3.8) is 0 Å². The number of carboxylic acids is 1. The molecule has 0 aliphatic rings. The minimum absolute atomic E-state index is 0.126. The topological polar surface area (TPSA) is 105 Å². The number of aryl methyl sites for hydroxylation is 1. The molecule has 2 atom stereocenters. The number of aromatic nitrogens is 3. The van der Waals surface area contributed by atoms with Gasteiger partial charge in [-0.2, -0.15) is 0 Å². The van der Waals surface area contributed by atoms with Crippen LogP contribution in [0, 0.1) is 17.6 Å². The predicted molar refractivity (Wildman–Crippen MR) is 121 cm³/mol. The number of rotatable bonds is 8. The molecule has 0 spiro atoms. The lowest BCUT2D eigenvalue weighted by Gasteiger charge is -2.19. The molecule has 0 aliphatic heterocycles. The number of carbonyl (C=O) groups is 1. The Kier molecular flexibility index (Phi) is 6.74. The van der Waals surface area contributed by atoms with Crippen LogP contribution in [0.5, 0.6) is 0 Å². The maximum absolute atomic E-state index is 13.5. The monoisotopic (exact) mass is 465 g/mol. The van der Waals surface area contributed by atoms with Crippen molar-refractivity contribution >= 4 is 16.9 Å². The van der Waals surface area contributed by atoms with Gasteiger partial charge in [-0.15, -0.1) is 5.10 Å². The zero-order valence-electron chi connectivity index (χ0n) is 17.9. The second-order valence-electron chi connectivity index (χ2n) is 8.00. The molecule has 34 heavy (non-hydrogen) atoms. The van der Waals surface area contributed by atoms with E-state index in [9.17, 15) is 28.6 Å². The highest BCUT2D eigenvalue weighted by molar-refractivity contribution is 5.76. The molecule has 0 unspecified atom stereocenters. The van der Waals surface area contributed by atoms with E-state index in [4.69, 9.17) is 0 Å². The van der Waals surface area contributed by atoms with Gasteiger partial charge in [-0.3, -0.25) is 9.59 Å². The molecule has 4 aromatic rings. The highest BCUT2D eigenvalue weighted by atomic mass is 19.1. The van der Waals surface area contributed by atoms with E-state index < -0.39 is 35.2 Å². The zero-order valence-corrected chi connectivity index (χ0v) is 17.9. The second kappa shape index (κ2) is 9.88. The first-order chi connectivity index (χ1) is 16.3. The average Bonchev–Trinajstić information content (AvgIpc) is 2.82. The highest BCUT2D eigenvalue weighted by Gasteiger charge is 2.28. The summed E-state index contributed by atoms with van der Waals surface area (Å²) >= 11 is 0. The molecule has 1 aromatic heterocycles. The molecule has 0 aliphatic carbocycles. The van der Waals surface area contributed by atoms with Gasteiger partial charge in [-0.05, 0) is 53.8 Å². The third-order valence-electron chi connectivity index (χ3n) is 5.66. The van der Waals surface area contributed by atoms with E-state index in [1.165, 1.54) is 12.1 Å². The molecule has 174 valence electrons. The van der Waals surface area contributed by atoms with Crippen molar-refractivity contribution in [3.8, 4) is 11.1 Å². The standard InChI is InChI=1S/C25H21F2N3O4/c26-18-11-17(12-19(27)13-18)16-8-5-15(6-9-16)7-10-23(31)21(25(33)34)14-30-24(32)20-3-1-2-4-22(20)28-29-30/h1-6,8-9,11-13,21,23,31H,7,10,14H2,(H,33,34)/t21-,23+/m0/s1. The van der Waals surface area contributed by atoms with Gasteiger partial charge in [0, 0.05) is 6.07 Å². The number of halogens is 2. The summed E-state index contributed by atoms with van der Waals surface area (Å²) in [6, 6.07) is 16.8. The van der Waals surface area contributed by atoms with Gasteiger partial charge in [0.05, 0.1) is 18.0 Å². The van der Waals surface area contributed by atoms with Gasteiger partial charge in [-0.25, -0.2) is 13.5 Å². The zero-order chi connectivity index (χ0) is 24.2. The van der Waals surface area contributed by atoms with E-state index >= 15 is 0 Å². The Morgan fingerprint density at radius 3 is 2.32 bits per heavy atom. The van der Waals surface area contributed by atoms with Gasteiger partial charge in [0.25, 0.3) is 5.56 Å². The Morgan fingerprint density at radius 1 is 0.971 bits per heavy atom. The molecular formula is C25H21F2N3O4. The number of benzene rings is 3. The van der Waals surface area contributed by atoms with Crippen molar-refractivity contribution in [3.05, 3.63) is 94.3 Å². The molecule has 0 fully saturated rings. The summed E-state index contributed by atoms with van der Waals surface area (Å²) in [4.78, 5) is 24.4. The first-order valence-electron chi connectivity index (χ1n) is 10.6. The normalized spacial score (nSPS) is 13.0. The van der Waals surface area contributed by atoms with Crippen LogP contribution in [0.25, 0.3) is 22.0 Å². The summed E-state index contributed by atoms with van der Waals surface area (Å²) in [5.41, 5.74) is 1.76. The molecule has 0 amide bonds. The van der Waals surface area contributed by atoms with Crippen molar-refractivity contribution in [1.29, 1.82) is 0 Å². The number of fused-ring (bicyclic) bond motifs is 1. The van der Waals surface area contributed by atoms with Crippen molar-refractivity contribution < 1.29 is 23.8 Å². The Bertz CT molecular complexity index is 1370. The molecule has 0 radical (unpaired) electrons. The molecule has 0 saturated heterocycles. The SMILES string of the molecule is O=C(O)[C@@H](Cn1nnc2ccccc2c1=O)[C@H](O)CCc1ccc(-c2cc(F)cc(F)c2)cc1. The van der Waals surface area contributed by atoms with Gasteiger partial charge in [0.15, 0.2) is 0 Å². The third kappa shape index (κ3) is 5.15. The van der Waals surface area contributed by atoms with Crippen LogP contribution in [0.15, 0.2) is 71.5 Å². The molecule has 4 rings (SSSR count). The predicted octanol–water partition coefficient (Wildman–Crippen LogP) is 3.43. The Morgan fingerprint density at radius 2 is 1.65 bits per heavy atom. The van der Waals surface area contributed by atoms with Crippen molar-refractivity contribution in [2.45, 2.75) is 25.5 Å². The average molecular weight is 465 g/mol. The molecular weight excluding hydrogens is 444 g/mol. The summed E-state index contributed by atoms with van der Waals surface area (Å²) in [7, 11) is 0. The molecule has 9 heteroatoms. The van der Waals surface area contributed by atoms with E-state index in [-0.39, 0.29) is 13.0 Å². The summed E-state index contributed by atoms with van der Waals surface area (Å²) in [6.45, 7) is -0.322. The summed E-state index contributed by atoms with van der Waals surface area (Å²) in [5.74, 6) is -3.85. The quantitative estimate of drug-likeness (QED) is 0.413. The van der Waals surface area contributed by atoms with Crippen LogP contribution in [-0.4, -0.2) is 37.3 Å². The van der Waals surface area contributed by atoms with Crippen molar-refractivity contribution in [1.82, 2.24) is 15.0 Å². The van der Waals surface area contributed by atoms with Gasteiger partial charge in [0.2, 0.25) is 0 Å². The van der Waals surface area contributed by atoms with E-state index in [1.54, 1.807) is 48.5 Å². The van der Waals surface area contributed by atoms with E-state index in [2.05, 4.69) is 10.3 Å². The Balaban J connectivity index is 1.44. The van der Waals surface area contributed by atoms with Crippen LogP contribution >= 0.6 is 0 Å².